The molecular formula is C33H29F2N5O4. The van der Waals surface area contributed by atoms with Crippen molar-refractivity contribution >= 4 is 17.5 Å². The van der Waals surface area contributed by atoms with Gasteiger partial charge < -0.3 is 19.9 Å². The number of ether oxygens (including phenoxy) is 2. The first-order valence-corrected chi connectivity index (χ1v) is 13.9. The maximum Gasteiger partial charge on any atom is 0.252 e. The van der Waals surface area contributed by atoms with E-state index < -0.39 is 29.2 Å². The highest BCUT2D eigenvalue weighted by atomic mass is 19.2. The molecule has 4 aromatic carbocycles. The number of carbonyl (C=O) groups is 1. The molecule has 2 atom stereocenters. The average Bonchev–Trinajstić information content (AvgIpc) is 3.43. The second-order valence-corrected chi connectivity index (χ2v) is 10.1. The molecule has 9 nitrogen and oxygen atoms in total. The zero-order chi connectivity index (χ0) is 30.9. The Balaban J connectivity index is 1.58. The number of rotatable bonds is 12. The van der Waals surface area contributed by atoms with E-state index in [1.165, 1.54) is 6.07 Å². The summed E-state index contributed by atoms with van der Waals surface area (Å²) in [6, 6.07) is 26.5. The summed E-state index contributed by atoms with van der Waals surface area (Å²) in [5.74, 6) is -1.76. The van der Waals surface area contributed by atoms with Crippen LogP contribution >= 0.6 is 0 Å². The number of hydrogen-bond acceptors (Lipinski definition) is 6. The summed E-state index contributed by atoms with van der Waals surface area (Å²) >= 11 is 0. The van der Waals surface area contributed by atoms with Crippen molar-refractivity contribution in [2.75, 3.05) is 13.2 Å². The molecule has 0 aromatic heterocycles. The lowest BCUT2D eigenvalue weighted by molar-refractivity contribution is -0.129. The number of aliphatic hydroxyl groups excluding tert-OH is 1. The van der Waals surface area contributed by atoms with Gasteiger partial charge in [-0.25, -0.2) is 13.8 Å². The Labute approximate surface area is 252 Å². The second-order valence-electron chi connectivity index (χ2n) is 10.1. The number of aliphatic imine (C=N–C) groups is 1. The maximum atomic E-state index is 14.3. The topological polar surface area (TPSA) is 129 Å². The highest BCUT2D eigenvalue weighted by Gasteiger charge is 2.53. The lowest BCUT2D eigenvalue weighted by atomic mass is 9.81. The first kappa shape index (κ1) is 30.2. The summed E-state index contributed by atoms with van der Waals surface area (Å²) in [5.41, 5.74) is 10.1. The van der Waals surface area contributed by atoms with Crippen LogP contribution in [0, 0.1) is 11.6 Å². The summed E-state index contributed by atoms with van der Waals surface area (Å²) in [6.45, 7) is 0.273. The van der Waals surface area contributed by atoms with Crippen LogP contribution in [0.15, 0.2) is 107 Å². The van der Waals surface area contributed by atoms with E-state index in [4.69, 9.17) is 19.6 Å². The van der Waals surface area contributed by atoms with Gasteiger partial charge in [-0.05, 0) is 53.1 Å². The molecule has 0 bridgehead atoms. The van der Waals surface area contributed by atoms with Gasteiger partial charge in [0.1, 0.15) is 5.75 Å². The van der Waals surface area contributed by atoms with Crippen molar-refractivity contribution in [3.63, 3.8) is 0 Å². The largest absolute Gasteiger partial charge is 0.494 e. The summed E-state index contributed by atoms with van der Waals surface area (Å²) in [4.78, 5) is 22.2. The Morgan fingerprint density at radius 3 is 2.48 bits per heavy atom. The van der Waals surface area contributed by atoms with Crippen LogP contribution in [-0.4, -0.2) is 35.7 Å². The SMILES string of the molecule is [N-]=[N+]=Nc1ccccc1[C@H]1OC(c2ccc(OCCCO)cc2)=N[C@@]1(Cc1ccccc1)C(=O)NCc1ccc(F)c(F)c1. The molecule has 2 N–H and O–H groups in total. The van der Waals surface area contributed by atoms with E-state index in [0.717, 1.165) is 17.7 Å². The van der Waals surface area contributed by atoms with Crippen LogP contribution in [0.2, 0.25) is 0 Å². The Morgan fingerprint density at radius 2 is 1.75 bits per heavy atom. The van der Waals surface area contributed by atoms with Gasteiger partial charge in [-0.2, -0.15) is 0 Å². The molecule has 11 heteroatoms. The molecule has 1 heterocycles. The lowest BCUT2D eigenvalue weighted by Crippen LogP contribution is -2.49. The number of amides is 1. The zero-order valence-electron chi connectivity index (χ0n) is 23.6. The maximum absolute atomic E-state index is 14.3. The van der Waals surface area contributed by atoms with Gasteiger partial charge in [0, 0.05) is 47.7 Å². The average molecular weight is 598 g/mol. The molecule has 1 amide bonds. The third kappa shape index (κ3) is 6.70. The van der Waals surface area contributed by atoms with Crippen LogP contribution in [0.4, 0.5) is 14.5 Å². The summed E-state index contributed by atoms with van der Waals surface area (Å²) in [5, 5.41) is 15.7. The Bertz CT molecular complexity index is 1690. The number of azide groups is 1. The van der Waals surface area contributed by atoms with Crippen LogP contribution in [0.1, 0.15) is 34.8 Å². The van der Waals surface area contributed by atoms with Crippen LogP contribution < -0.4 is 10.1 Å². The summed E-state index contributed by atoms with van der Waals surface area (Å²) in [7, 11) is 0. The van der Waals surface area contributed by atoms with Crippen molar-refractivity contribution in [2.24, 2.45) is 10.1 Å². The monoisotopic (exact) mass is 597 g/mol. The smallest absolute Gasteiger partial charge is 0.252 e. The first-order valence-electron chi connectivity index (χ1n) is 13.9. The van der Waals surface area contributed by atoms with Crippen LogP contribution in [0.5, 0.6) is 5.75 Å². The predicted octanol–water partition coefficient (Wildman–Crippen LogP) is 6.48. The Hall–Kier alpha value is -5.25. The number of hydrogen-bond donors (Lipinski definition) is 2. The molecule has 224 valence electrons. The van der Waals surface area contributed by atoms with E-state index in [1.807, 2.05) is 30.3 Å². The van der Waals surface area contributed by atoms with Gasteiger partial charge in [-0.3, -0.25) is 4.79 Å². The van der Waals surface area contributed by atoms with Gasteiger partial charge in [0.25, 0.3) is 5.91 Å². The molecule has 0 radical (unpaired) electrons. The lowest BCUT2D eigenvalue weighted by Gasteiger charge is -2.31. The van der Waals surface area contributed by atoms with Gasteiger partial charge in [0.15, 0.2) is 23.3 Å². The fourth-order valence-electron chi connectivity index (χ4n) is 5.00. The number of nitrogens with one attached hydrogen (secondary N) is 1. The predicted molar refractivity (Wildman–Crippen MR) is 160 cm³/mol. The van der Waals surface area contributed by atoms with Crippen LogP contribution in [0.25, 0.3) is 10.4 Å². The molecular weight excluding hydrogens is 568 g/mol. The minimum absolute atomic E-state index is 0.0170. The standard InChI is InChI=1S/C33H29F2N5O4/c34-27-16-11-23(19-28(27)35)21-37-32(42)33(20-22-7-2-1-3-8-22)30(26-9-4-5-10-29(26)39-40-36)44-31(38-33)24-12-14-25(15-13-24)43-18-6-17-41/h1-5,7-16,19,30,41H,6,17-18,20-21H2,(H,37,42)/t30-,33-/m1/s1. The highest BCUT2D eigenvalue weighted by molar-refractivity contribution is 6.01. The third-order valence-electron chi connectivity index (χ3n) is 7.16. The van der Waals surface area contributed by atoms with Crippen molar-refractivity contribution in [1.82, 2.24) is 5.32 Å². The van der Waals surface area contributed by atoms with Gasteiger partial charge in [-0.15, -0.1) is 0 Å². The molecule has 0 aliphatic carbocycles. The first-order chi connectivity index (χ1) is 21.4. The molecule has 1 aliphatic rings. The molecule has 4 aromatic rings. The molecule has 1 aliphatic heterocycles. The van der Waals surface area contributed by atoms with Crippen molar-refractivity contribution in [1.29, 1.82) is 0 Å². The fourth-order valence-corrected chi connectivity index (χ4v) is 5.00. The van der Waals surface area contributed by atoms with E-state index in [0.29, 0.717) is 35.5 Å². The molecule has 0 spiro atoms. The van der Waals surface area contributed by atoms with E-state index in [9.17, 15) is 19.1 Å². The van der Waals surface area contributed by atoms with Gasteiger partial charge >= 0.3 is 0 Å². The normalized spacial score (nSPS) is 17.2. The number of aliphatic hydroxyl groups is 1. The van der Waals surface area contributed by atoms with Crippen molar-refractivity contribution < 1.29 is 28.2 Å². The fraction of sp³-hybridized carbons (Fsp3) is 0.212. The van der Waals surface area contributed by atoms with Crippen molar-refractivity contribution in [2.45, 2.75) is 31.0 Å². The molecule has 0 fully saturated rings. The molecule has 5 rings (SSSR count). The molecule has 44 heavy (non-hydrogen) atoms. The number of carbonyl (C=O) groups excluding carboxylic acids is 1. The Morgan fingerprint density at radius 1 is 1.00 bits per heavy atom. The van der Waals surface area contributed by atoms with E-state index in [-0.39, 0.29) is 31.2 Å². The minimum Gasteiger partial charge on any atom is -0.494 e. The quantitative estimate of drug-likeness (QED) is 0.0838. The van der Waals surface area contributed by atoms with E-state index >= 15 is 0 Å². The van der Waals surface area contributed by atoms with Gasteiger partial charge in [0.05, 0.1) is 6.61 Å². The highest BCUT2D eigenvalue weighted by Crippen LogP contribution is 2.45. The van der Waals surface area contributed by atoms with Crippen LogP contribution in [0.3, 0.4) is 0 Å². The molecule has 0 saturated heterocycles. The minimum atomic E-state index is -1.59. The third-order valence-corrected chi connectivity index (χ3v) is 7.16. The second kappa shape index (κ2) is 13.8. The van der Waals surface area contributed by atoms with Crippen LogP contribution in [-0.2, 0) is 22.5 Å². The van der Waals surface area contributed by atoms with E-state index in [1.54, 1.807) is 48.5 Å². The van der Waals surface area contributed by atoms with Crippen molar-refractivity contribution in [3.8, 4) is 5.75 Å². The van der Waals surface area contributed by atoms with Crippen molar-refractivity contribution in [3.05, 3.63) is 141 Å². The zero-order valence-corrected chi connectivity index (χ0v) is 23.6. The van der Waals surface area contributed by atoms with Gasteiger partial charge in [0.2, 0.25) is 5.90 Å². The molecule has 0 saturated carbocycles. The van der Waals surface area contributed by atoms with Gasteiger partial charge in [-0.1, -0.05) is 65.8 Å². The number of halogens is 2. The summed E-state index contributed by atoms with van der Waals surface area (Å²) < 4.78 is 39.6. The molecule has 0 unspecified atom stereocenters. The van der Waals surface area contributed by atoms with E-state index in [2.05, 4.69) is 15.3 Å². The Kier molecular flexibility index (Phi) is 9.49. The number of nitrogens with zero attached hydrogens (tertiary/aromatic N) is 4. The number of benzene rings is 4. The summed E-state index contributed by atoms with van der Waals surface area (Å²) in [6.07, 6.45) is -0.422.